The number of aromatic nitrogens is 1. The standard InChI is InChI=1S/C20H32N6O3.HI/c1-4-21-19(24-16-10-13-26(14-11-16)20(28)29-5-2)22-12-9-18(27)25-17-8-6-7-15(3)23-17;/h6-8,16H,4-5,9-14H2,1-3H3,(H2,21,22,24)(H,23,25,27);1H. The van der Waals surface area contributed by atoms with Crippen LogP contribution in [0.1, 0.15) is 38.8 Å². The number of ether oxygens (including phenoxy) is 1. The van der Waals surface area contributed by atoms with E-state index in [4.69, 9.17) is 4.74 Å². The van der Waals surface area contributed by atoms with Gasteiger partial charge in [0.25, 0.3) is 0 Å². The van der Waals surface area contributed by atoms with Crippen molar-refractivity contribution >= 4 is 47.8 Å². The lowest BCUT2D eigenvalue weighted by atomic mass is 10.1. The maximum absolute atomic E-state index is 12.1. The Morgan fingerprint density at radius 1 is 1.27 bits per heavy atom. The Morgan fingerprint density at radius 2 is 2.00 bits per heavy atom. The van der Waals surface area contributed by atoms with Gasteiger partial charge in [-0.25, -0.2) is 9.78 Å². The molecule has 1 saturated heterocycles. The molecule has 0 atom stereocenters. The van der Waals surface area contributed by atoms with E-state index in [0.717, 1.165) is 25.1 Å². The molecule has 10 heteroatoms. The van der Waals surface area contributed by atoms with E-state index in [9.17, 15) is 9.59 Å². The van der Waals surface area contributed by atoms with Crippen LogP contribution in [0, 0.1) is 6.92 Å². The van der Waals surface area contributed by atoms with Crippen LogP contribution in [0.25, 0.3) is 0 Å². The lowest BCUT2D eigenvalue weighted by molar-refractivity contribution is -0.116. The topological polar surface area (TPSA) is 108 Å². The summed E-state index contributed by atoms with van der Waals surface area (Å²) in [4.78, 5) is 34.4. The first-order valence-corrected chi connectivity index (χ1v) is 10.2. The van der Waals surface area contributed by atoms with Crippen molar-refractivity contribution in [3.05, 3.63) is 23.9 Å². The van der Waals surface area contributed by atoms with Gasteiger partial charge < -0.3 is 25.6 Å². The summed E-state index contributed by atoms with van der Waals surface area (Å²) in [7, 11) is 0. The van der Waals surface area contributed by atoms with Crippen molar-refractivity contribution < 1.29 is 14.3 Å². The largest absolute Gasteiger partial charge is 0.450 e. The molecule has 0 saturated carbocycles. The Kier molecular flexibility index (Phi) is 12.1. The van der Waals surface area contributed by atoms with Crippen molar-refractivity contribution in [2.75, 3.05) is 38.1 Å². The summed E-state index contributed by atoms with van der Waals surface area (Å²) in [5.74, 6) is 1.12. The average Bonchev–Trinajstić information content (AvgIpc) is 2.69. The highest BCUT2D eigenvalue weighted by atomic mass is 127. The van der Waals surface area contributed by atoms with E-state index in [1.165, 1.54) is 0 Å². The molecule has 168 valence electrons. The van der Waals surface area contributed by atoms with Gasteiger partial charge in [-0.3, -0.25) is 9.79 Å². The molecule has 9 nitrogen and oxygen atoms in total. The monoisotopic (exact) mass is 532 g/mol. The number of amides is 2. The SMILES string of the molecule is CCNC(=NCCC(=O)Nc1cccc(C)n1)NC1CCN(C(=O)OCC)CC1.I. The molecule has 1 fully saturated rings. The first kappa shape index (κ1) is 25.9. The molecule has 1 aliphatic rings. The van der Waals surface area contributed by atoms with Crippen LogP contribution in [0.4, 0.5) is 10.6 Å². The average molecular weight is 532 g/mol. The molecule has 3 N–H and O–H groups in total. The minimum atomic E-state index is -0.249. The number of carbonyl (C=O) groups is 2. The Bertz CT molecular complexity index is 708. The zero-order valence-corrected chi connectivity index (χ0v) is 20.3. The Balaban J connectivity index is 0.00000450. The molecule has 0 aromatic carbocycles. The van der Waals surface area contributed by atoms with E-state index in [1.807, 2.05) is 32.9 Å². The van der Waals surface area contributed by atoms with Crippen molar-refractivity contribution in [2.24, 2.45) is 4.99 Å². The highest BCUT2D eigenvalue weighted by Crippen LogP contribution is 2.11. The lowest BCUT2D eigenvalue weighted by Crippen LogP contribution is -2.50. The summed E-state index contributed by atoms with van der Waals surface area (Å²) in [5.41, 5.74) is 0.855. The fourth-order valence-corrected chi connectivity index (χ4v) is 3.02. The number of nitrogens with one attached hydrogen (secondary N) is 3. The molecule has 0 radical (unpaired) electrons. The van der Waals surface area contributed by atoms with Gasteiger partial charge in [0, 0.05) is 37.8 Å². The molecule has 2 rings (SSSR count). The Morgan fingerprint density at radius 3 is 2.63 bits per heavy atom. The van der Waals surface area contributed by atoms with Crippen LogP contribution in [0.15, 0.2) is 23.2 Å². The highest BCUT2D eigenvalue weighted by Gasteiger charge is 2.24. The number of nitrogens with zero attached hydrogens (tertiary/aromatic N) is 3. The number of carbonyl (C=O) groups excluding carboxylic acids is 2. The van der Waals surface area contributed by atoms with Gasteiger partial charge in [0.15, 0.2) is 5.96 Å². The zero-order chi connectivity index (χ0) is 21.1. The van der Waals surface area contributed by atoms with Gasteiger partial charge in [0.05, 0.1) is 13.2 Å². The molecular weight excluding hydrogens is 499 g/mol. The van der Waals surface area contributed by atoms with E-state index in [-0.39, 0.29) is 48.4 Å². The molecule has 0 spiro atoms. The number of hydrogen-bond donors (Lipinski definition) is 3. The van der Waals surface area contributed by atoms with Gasteiger partial charge in [-0.05, 0) is 45.7 Å². The van der Waals surface area contributed by atoms with E-state index in [1.54, 1.807) is 11.0 Å². The minimum Gasteiger partial charge on any atom is -0.450 e. The second kappa shape index (κ2) is 14.0. The number of rotatable bonds is 7. The van der Waals surface area contributed by atoms with Gasteiger partial charge in [0.2, 0.25) is 5.91 Å². The fraction of sp³-hybridized carbons (Fsp3) is 0.600. The fourth-order valence-electron chi connectivity index (χ4n) is 3.02. The second-order valence-corrected chi connectivity index (χ2v) is 6.83. The first-order valence-electron chi connectivity index (χ1n) is 10.2. The Hall–Kier alpha value is -2.11. The number of anilines is 1. The number of hydrogen-bond acceptors (Lipinski definition) is 5. The Labute approximate surface area is 195 Å². The molecule has 1 aromatic rings. The van der Waals surface area contributed by atoms with Crippen LogP contribution in [-0.4, -0.2) is 66.7 Å². The molecule has 30 heavy (non-hydrogen) atoms. The number of halogens is 1. The van der Waals surface area contributed by atoms with Crippen LogP contribution in [0.3, 0.4) is 0 Å². The molecule has 0 unspecified atom stereocenters. The van der Waals surface area contributed by atoms with Gasteiger partial charge in [-0.15, -0.1) is 24.0 Å². The maximum Gasteiger partial charge on any atom is 0.409 e. The molecule has 1 aliphatic heterocycles. The number of guanidine groups is 1. The smallest absolute Gasteiger partial charge is 0.409 e. The minimum absolute atomic E-state index is 0. The van der Waals surface area contributed by atoms with Crippen molar-refractivity contribution in [1.29, 1.82) is 0 Å². The van der Waals surface area contributed by atoms with Crippen molar-refractivity contribution in [3.8, 4) is 0 Å². The van der Waals surface area contributed by atoms with Crippen molar-refractivity contribution in [1.82, 2.24) is 20.5 Å². The number of aliphatic imine (C=N–C) groups is 1. The van der Waals surface area contributed by atoms with E-state index in [2.05, 4.69) is 25.9 Å². The quantitative estimate of drug-likeness (QED) is 0.283. The van der Waals surface area contributed by atoms with Gasteiger partial charge in [-0.1, -0.05) is 6.07 Å². The first-order chi connectivity index (χ1) is 14.0. The van der Waals surface area contributed by atoms with E-state index < -0.39 is 0 Å². The third kappa shape index (κ3) is 9.14. The summed E-state index contributed by atoms with van der Waals surface area (Å²) < 4.78 is 5.05. The second-order valence-electron chi connectivity index (χ2n) is 6.83. The van der Waals surface area contributed by atoms with Gasteiger partial charge in [0.1, 0.15) is 5.82 Å². The molecule has 0 aliphatic carbocycles. The van der Waals surface area contributed by atoms with Gasteiger partial charge >= 0.3 is 6.09 Å². The molecule has 1 aromatic heterocycles. The van der Waals surface area contributed by atoms with Crippen LogP contribution >= 0.6 is 24.0 Å². The van der Waals surface area contributed by atoms with Crippen LogP contribution in [0.2, 0.25) is 0 Å². The van der Waals surface area contributed by atoms with Crippen LogP contribution in [-0.2, 0) is 9.53 Å². The summed E-state index contributed by atoms with van der Waals surface area (Å²) >= 11 is 0. The van der Waals surface area contributed by atoms with E-state index >= 15 is 0 Å². The number of piperidine rings is 1. The molecule has 0 bridgehead atoms. The predicted octanol–water partition coefficient (Wildman–Crippen LogP) is 2.51. The lowest BCUT2D eigenvalue weighted by Gasteiger charge is -2.32. The highest BCUT2D eigenvalue weighted by molar-refractivity contribution is 14.0. The summed E-state index contributed by atoms with van der Waals surface area (Å²) in [6.07, 6.45) is 1.67. The molecule has 2 amide bonds. The van der Waals surface area contributed by atoms with E-state index in [0.29, 0.717) is 38.0 Å². The van der Waals surface area contributed by atoms with Crippen LogP contribution in [0.5, 0.6) is 0 Å². The van der Waals surface area contributed by atoms with Crippen LogP contribution < -0.4 is 16.0 Å². The summed E-state index contributed by atoms with van der Waals surface area (Å²) in [6, 6.07) is 5.73. The maximum atomic E-state index is 12.1. The molecule has 2 heterocycles. The number of pyridine rings is 1. The predicted molar refractivity (Wildman–Crippen MR) is 128 cm³/mol. The van der Waals surface area contributed by atoms with Gasteiger partial charge in [-0.2, -0.15) is 0 Å². The summed E-state index contributed by atoms with van der Waals surface area (Å²) in [6.45, 7) is 8.48. The third-order valence-electron chi connectivity index (χ3n) is 4.47. The summed E-state index contributed by atoms with van der Waals surface area (Å²) in [5, 5.41) is 9.39. The number of aryl methyl sites for hydroxylation is 1. The third-order valence-corrected chi connectivity index (χ3v) is 4.47. The van der Waals surface area contributed by atoms with Crippen molar-refractivity contribution in [2.45, 2.75) is 46.1 Å². The number of likely N-dealkylation sites (tertiary alicyclic amines) is 1. The normalized spacial score (nSPS) is 14.5. The zero-order valence-electron chi connectivity index (χ0n) is 17.9. The molecular formula is C20H33IN6O3. The van der Waals surface area contributed by atoms with Crippen molar-refractivity contribution in [3.63, 3.8) is 0 Å².